The van der Waals surface area contributed by atoms with E-state index in [0.29, 0.717) is 22.2 Å². The minimum atomic E-state index is -2.10. The smallest absolute Gasteiger partial charge is 0.250 e. The Bertz CT molecular complexity index is 1080. The topological polar surface area (TPSA) is 45.0 Å². The number of hydrogen-bond acceptors (Lipinski definition) is 3. The maximum Gasteiger partial charge on any atom is 0.250 e. The molecular weight excluding hydrogens is 479 g/mol. The van der Waals surface area contributed by atoms with Crippen molar-refractivity contribution in [3.63, 3.8) is 0 Å². The van der Waals surface area contributed by atoms with Crippen LogP contribution in [0.25, 0.3) is 0 Å². The van der Waals surface area contributed by atoms with Crippen LogP contribution in [0.4, 0.5) is 0 Å². The highest BCUT2D eigenvalue weighted by atomic mass is 35.5. The highest BCUT2D eigenvalue weighted by Gasteiger charge is 2.40. The molecule has 3 nitrogen and oxygen atoms in total. The second-order valence-electron chi connectivity index (χ2n) is 10.1. The quantitative estimate of drug-likeness (QED) is 0.310. The molecule has 6 heteroatoms. The second-order valence-corrected chi connectivity index (χ2v) is 15.6. The molecule has 0 aromatic heterocycles. The predicted molar refractivity (Wildman–Crippen MR) is 145 cm³/mol. The Hall–Kier alpha value is -2.29. The third-order valence-electron chi connectivity index (χ3n) is 6.45. The van der Waals surface area contributed by atoms with E-state index >= 15 is 0 Å². The summed E-state index contributed by atoms with van der Waals surface area (Å²) in [5, 5.41) is 14.5. The van der Waals surface area contributed by atoms with Gasteiger partial charge < -0.3 is 4.43 Å². The lowest BCUT2D eigenvalue weighted by Crippen LogP contribution is -2.44. The normalized spacial score (nSPS) is 12.9. The second kappa shape index (κ2) is 11.0. The first-order valence-corrected chi connectivity index (χ1v) is 15.1. The highest BCUT2D eigenvalue weighted by Crippen LogP contribution is 2.42. The Morgan fingerprint density at radius 3 is 1.79 bits per heavy atom. The van der Waals surface area contributed by atoms with Gasteiger partial charge in [0.2, 0.25) is 0 Å². The summed E-state index contributed by atoms with van der Waals surface area (Å²) in [6.45, 7) is 10.9. The van der Waals surface area contributed by atoms with Crippen molar-refractivity contribution in [1.29, 1.82) is 5.26 Å². The summed E-state index contributed by atoms with van der Waals surface area (Å²) in [7, 11) is -2.10. The lowest BCUT2D eigenvalue weighted by molar-refractivity contribution is 0.492. The number of hydrogen-bond donors (Lipinski definition) is 1. The Morgan fingerprint density at radius 2 is 1.38 bits per heavy atom. The van der Waals surface area contributed by atoms with E-state index < -0.39 is 14.4 Å². The van der Waals surface area contributed by atoms with Gasteiger partial charge in [-0.3, -0.25) is 5.32 Å². The lowest BCUT2D eigenvalue weighted by Gasteiger charge is -2.37. The number of nitriles is 1. The van der Waals surface area contributed by atoms with Crippen molar-refractivity contribution in [1.82, 2.24) is 5.32 Å². The van der Waals surface area contributed by atoms with Gasteiger partial charge in [0.1, 0.15) is 11.8 Å². The van der Waals surface area contributed by atoms with Gasteiger partial charge in [0, 0.05) is 6.42 Å². The first kappa shape index (κ1) is 26.3. The third-order valence-corrected chi connectivity index (χ3v) is 11.3. The number of nitrogens with zero attached hydrogens (tertiary/aromatic N) is 1. The van der Waals surface area contributed by atoms with Crippen LogP contribution >= 0.6 is 23.2 Å². The van der Waals surface area contributed by atoms with Gasteiger partial charge in [0.15, 0.2) is 0 Å². The van der Waals surface area contributed by atoms with E-state index in [-0.39, 0.29) is 11.1 Å². The molecule has 3 rings (SSSR count). The zero-order chi connectivity index (χ0) is 24.9. The van der Waals surface area contributed by atoms with E-state index in [2.05, 4.69) is 69.5 Å². The van der Waals surface area contributed by atoms with Crippen molar-refractivity contribution in [2.45, 2.75) is 57.4 Å². The van der Waals surface area contributed by atoms with Gasteiger partial charge in [-0.05, 0) is 47.0 Å². The van der Waals surface area contributed by atoms with Crippen LogP contribution in [-0.4, -0.2) is 14.4 Å². The molecule has 34 heavy (non-hydrogen) atoms. The highest BCUT2D eigenvalue weighted by molar-refractivity contribution is 6.75. The zero-order valence-electron chi connectivity index (χ0n) is 20.4. The lowest BCUT2D eigenvalue weighted by atomic mass is 9.96. The van der Waals surface area contributed by atoms with Crippen LogP contribution in [0.15, 0.2) is 72.8 Å². The molecule has 0 heterocycles. The summed E-state index contributed by atoms with van der Waals surface area (Å²) in [6, 6.07) is 25.9. The van der Waals surface area contributed by atoms with Gasteiger partial charge >= 0.3 is 0 Å². The third kappa shape index (κ3) is 6.43. The van der Waals surface area contributed by atoms with Crippen molar-refractivity contribution >= 4 is 31.5 Å². The molecule has 178 valence electrons. The molecule has 0 saturated carbocycles. The maximum atomic E-state index is 9.97. The molecule has 0 aliphatic heterocycles. The van der Waals surface area contributed by atoms with Crippen LogP contribution in [0.1, 0.15) is 43.5 Å². The SMILES string of the molecule is CC(C)(C)[Si](C)(C)Oc1c(Cl)cc(CC(C#N)NC(c2ccccc2)c2ccccc2)cc1Cl. The van der Waals surface area contributed by atoms with Crippen LogP contribution in [0, 0.1) is 11.3 Å². The summed E-state index contributed by atoms with van der Waals surface area (Å²) < 4.78 is 6.39. The molecule has 0 amide bonds. The molecule has 3 aromatic rings. The average Bonchev–Trinajstić information content (AvgIpc) is 2.79. The summed E-state index contributed by atoms with van der Waals surface area (Å²) in [5.41, 5.74) is 3.09. The molecule has 0 aliphatic carbocycles. The molecule has 0 radical (unpaired) electrons. The first-order chi connectivity index (χ1) is 16.0. The summed E-state index contributed by atoms with van der Waals surface area (Å²) >= 11 is 13.2. The molecule has 0 spiro atoms. The van der Waals surface area contributed by atoms with E-state index in [9.17, 15) is 5.26 Å². The van der Waals surface area contributed by atoms with E-state index in [0.717, 1.165) is 16.7 Å². The van der Waals surface area contributed by atoms with E-state index in [4.69, 9.17) is 27.6 Å². The van der Waals surface area contributed by atoms with Gasteiger partial charge in [-0.15, -0.1) is 0 Å². The Labute approximate surface area is 214 Å². The fraction of sp³-hybridized carbons (Fsp3) is 0.321. The van der Waals surface area contributed by atoms with Gasteiger partial charge in [0.25, 0.3) is 8.32 Å². The van der Waals surface area contributed by atoms with Crippen LogP contribution in [0.2, 0.25) is 28.2 Å². The standard InChI is InChI=1S/C28H32Cl2N2OSi/c1-28(2,3)34(4,5)33-27-24(29)17-20(18-25(27)30)16-23(19-31)32-26(21-12-8-6-9-13-21)22-14-10-7-11-15-22/h6-15,17-18,23,26,32H,16H2,1-5H3. The maximum absolute atomic E-state index is 9.97. The van der Waals surface area contributed by atoms with Crippen molar-refractivity contribution in [2.24, 2.45) is 0 Å². The summed E-state index contributed by atoms with van der Waals surface area (Å²) in [5.74, 6) is 0.534. The van der Waals surface area contributed by atoms with Crippen molar-refractivity contribution in [3.05, 3.63) is 99.5 Å². The first-order valence-electron chi connectivity index (χ1n) is 11.4. The van der Waals surface area contributed by atoms with Crippen molar-refractivity contribution in [2.75, 3.05) is 0 Å². The average molecular weight is 512 g/mol. The number of rotatable bonds is 8. The molecular formula is C28H32Cl2N2OSi. The largest absolute Gasteiger partial charge is 0.542 e. The van der Waals surface area contributed by atoms with Gasteiger partial charge in [-0.2, -0.15) is 5.26 Å². The summed E-state index contributed by atoms with van der Waals surface area (Å²) in [4.78, 5) is 0. The fourth-order valence-corrected chi connectivity index (χ4v) is 5.27. The van der Waals surface area contributed by atoms with Gasteiger partial charge in [-0.25, -0.2) is 0 Å². The number of nitrogens with one attached hydrogen (secondary N) is 1. The minimum absolute atomic E-state index is 0.0258. The predicted octanol–water partition coefficient (Wildman–Crippen LogP) is 8.19. The molecule has 0 saturated heterocycles. The van der Waals surface area contributed by atoms with Crippen molar-refractivity contribution in [3.8, 4) is 11.8 Å². The Balaban J connectivity index is 1.84. The monoisotopic (exact) mass is 510 g/mol. The Morgan fingerprint density at radius 1 is 0.912 bits per heavy atom. The Kier molecular flexibility index (Phi) is 8.49. The van der Waals surface area contributed by atoms with Crippen molar-refractivity contribution < 1.29 is 4.43 Å². The molecule has 0 aliphatic rings. The van der Waals surface area contributed by atoms with E-state index in [1.807, 2.05) is 48.5 Å². The molecule has 1 unspecified atom stereocenters. The molecule has 3 aromatic carbocycles. The number of benzene rings is 3. The van der Waals surface area contributed by atoms with Crippen LogP contribution in [0.3, 0.4) is 0 Å². The molecule has 1 atom stereocenters. The molecule has 0 fully saturated rings. The van der Waals surface area contributed by atoms with Crippen LogP contribution < -0.4 is 9.74 Å². The summed E-state index contributed by atoms with van der Waals surface area (Å²) in [6.07, 6.45) is 0.465. The van der Waals surface area contributed by atoms with E-state index in [1.165, 1.54) is 0 Å². The van der Waals surface area contributed by atoms with Gasteiger partial charge in [-0.1, -0.05) is 105 Å². The molecule has 1 N–H and O–H groups in total. The van der Waals surface area contributed by atoms with Crippen LogP contribution in [-0.2, 0) is 6.42 Å². The molecule has 0 bridgehead atoms. The van der Waals surface area contributed by atoms with Crippen LogP contribution in [0.5, 0.6) is 5.75 Å². The fourth-order valence-electron chi connectivity index (χ4n) is 3.49. The zero-order valence-corrected chi connectivity index (χ0v) is 22.9. The van der Waals surface area contributed by atoms with Gasteiger partial charge in [0.05, 0.1) is 22.2 Å². The van der Waals surface area contributed by atoms with E-state index in [1.54, 1.807) is 0 Å². The minimum Gasteiger partial charge on any atom is -0.542 e. The number of halogens is 2.